The fourth-order valence-corrected chi connectivity index (χ4v) is 4.10. The van der Waals surface area contributed by atoms with Crippen LogP contribution in [0, 0.1) is 0 Å². The van der Waals surface area contributed by atoms with Gasteiger partial charge >= 0.3 is 5.97 Å². The number of oxime groups is 1. The van der Waals surface area contributed by atoms with E-state index in [0.717, 1.165) is 5.56 Å². The molecule has 2 fully saturated rings. The van der Waals surface area contributed by atoms with E-state index in [4.69, 9.17) is 28.7 Å². The highest BCUT2D eigenvalue weighted by Gasteiger charge is 2.77. The van der Waals surface area contributed by atoms with Gasteiger partial charge in [-0.2, -0.15) is 0 Å². The van der Waals surface area contributed by atoms with Crippen molar-refractivity contribution in [2.24, 2.45) is 5.16 Å². The number of methoxy groups -OCH3 is 1. The first-order valence-corrected chi connectivity index (χ1v) is 9.38. The average molecular weight is 392 g/mol. The molecule has 0 saturated carbocycles. The average Bonchev–Trinajstić information content (AvgIpc) is 3.24. The lowest BCUT2D eigenvalue weighted by Crippen LogP contribution is -2.71. The first-order valence-electron chi connectivity index (χ1n) is 9.38. The summed E-state index contributed by atoms with van der Waals surface area (Å²) < 4.78 is 16.4. The maximum absolute atomic E-state index is 13.0. The van der Waals surface area contributed by atoms with E-state index in [0.29, 0.717) is 18.9 Å². The van der Waals surface area contributed by atoms with E-state index in [9.17, 15) is 4.79 Å². The fourth-order valence-electron chi connectivity index (χ4n) is 4.10. The minimum absolute atomic E-state index is 0.103. The highest BCUT2D eigenvalue weighted by molar-refractivity contribution is 6.12. The van der Waals surface area contributed by atoms with Gasteiger partial charge in [-0.15, -0.1) is 0 Å². The van der Waals surface area contributed by atoms with Crippen LogP contribution in [0.3, 0.4) is 0 Å². The molecule has 0 N–H and O–H groups in total. The molecular formula is C19H24N2O7. The highest BCUT2D eigenvalue weighted by atomic mass is 17.0. The summed E-state index contributed by atoms with van der Waals surface area (Å²) >= 11 is 0. The second-order valence-electron chi connectivity index (χ2n) is 6.72. The Morgan fingerprint density at radius 2 is 1.79 bits per heavy atom. The molecule has 28 heavy (non-hydrogen) atoms. The van der Waals surface area contributed by atoms with Crippen molar-refractivity contribution in [2.45, 2.75) is 50.4 Å². The molecule has 2 saturated heterocycles. The smallest absolute Gasteiger partial charge is 0.355 e. The molecule has 3 aliphatic heterocycles. The lowest BCUT2D eigenvalue weighted by molar-refractivity contribution is -0.472. The molecule has 0 aliphatic carbocycles. The topological polar surface area (TPSA) is 88.1 Å². The molecular weight excluding hydrogens is 368 g/mol. The Labute approximate surface area is 163 Å². The molecule has 1 aromatic rings. The molecule has 1 aromatic carbocycles. The van der Waals surface area contributed by atoms with Gasteiger partial charge in [0.15, 0.2) is 18.1 Å². The Balaban J connectivity index is 1.84. The van der Waals surface area contributed by atoms with E-state index in [1.165, 1.54) is 12.3 Å². The van der Waals surface area contributed by atoms with E-state index in [-0.39, 0.29) is 12.8 Å². The van der Waals surface area contributed by atoms with Crippen molar-refractivity contribution in [1.29, 1.82) is 0 Å². The molecule has 3 heterocycles. The van der Waals surface area contributed by atoms with Gasteiger partial charge in [-0.1, -0.05) is 35.5 Å². The van der Waals surface area contributed by atoms with Gasteiger partial charge in [0.25, 0.3) is 5.60 Å². The number of hydroxylamine groups is 2. The number of rotatable bonds is 6. The third kappa shape index (κ3) is 2.66. The standard InChI is InChI=1S/C19H24N2O7/c1-4-24-14-11-18-16(13-9-7-6-8-10-13)20-28-19(18,17(22)23-3)12-15(25-5-2)27-21(18)26-14/h6-10,14-15H,4-5,11-12H2,1-3H3/t14-,15-,18-,19+/m0/s1. The minimum Gasteiger partial charge on any atom is -0.466 e. The van der Waals surface area contributed by atoms with Crippen LogP contribution in [0.1, 0.15) is 32.3 Å². The third-order valence-corrected chi connectivity index (χ3v) is 5.27. The summed E-state index contributed by atoms with van der Waals surface area (Å²) in [7, 11) is 1.32. The third-order valence-electron chi connectivity index (χ3n) is 5.27. The lowest BCUT2D eigenvalue weighted by Gasteiger charge is -2.47. The summed E-state index contributed by atoms with van der Waals surface area (Å²) in [6.45, 7) is 4.54. The Morgan fingerprint density at radius 3 is 2.39 bits per heavy atom. The largest absolute Gasteiger partial charge is 0.466 e. The summed E-state index contributed by atoms with van der Waals surface area (Å²) in [5, 5.41) is 5.59. The van der Waals surface area contributed by atoms with Gasteiger partial charge in [0.1, 0.15) is 5.71 Å². The van der Waals surface area contributed by atoms with Crippen molar-refractivity contribution in [2.75, 3.05) is 20.3 Å². The number of esters is 1. The van der Waals surface area contributed by atoms with Gasteiger partial charge in [0, 0.05) is 25.2 Å². The molecule has 1 spiro atoms. The van der Waals surface area contributed by atoms with Gasteiger partial charge < -0.3 is 19.0 Å². The molecule has 9 heteroatoms. The quantitative estimate of drug-likeness (QED) is 0.677. The van der Waals surface area contributed by atoms with Crippen molar-refractivity contribution >= 4 is 11.7 Å². The van der Waals surface area contributed by atoms with Crippen LogP contribution in [0.4, 0.5) is 0 Å². The van der Waals surface area contributed by atoms with E-state index >= 15 is 0 Å². The van der Waals surface area contributed by atoms with Crippen molar-refractivity contribution in [1.82, 2.24) is 5.23 Å². The predicted molar refractivity (Wildman–Crippen MR) is 95.6 cm³/mol. The number of hydrogen-bond acceptors (Lipinski definition) is 9. The zero-order valence-corrected chi connectivity index (χ0v) is 16.1. The van der Waals surface area contributed by atoms with Gasteiger partial charge in [0.2, 0.25) is 0 Å². The molecule has 4 rings (SSSR count). The van der Waals surface area contributed by atoms with Gasteiger partial charge in [-0.05, 0) is 19.1 Å². The fraction of sp³-hybridized carbons (Fsp3) is 0.579. The maximum atomic E-state index is 13.0. The van der Waals surface area contributed by atoms with E-state index in [1.807, 2.05) is 44.2 Å². The summed E-state index contributed by atoms with van der Waals surface area (Å²) in [5.41, 5.74) is -1.35. The number of benzene rings is 1. The summed E-state index contributed by atoms with van der Waals surface area (Å²) in [6.07, 6.45) is -1.01. The summed E-state index contributed by atoms with van der Waals surface area (Å²) in [4.78, 5) is 30.7. The number of carbonyl (C=O) groups is 1. The van der Waals surface area contributed by atoms with Crippen LogP contribution < -0.4 is 0 Å². The van der Waals surface area contributed by atoms with Crippen LogP contribution in [-0.4, -0.2) is 61.0 Å². The second-order valence-corrected chi connectivity index (χ2v) is 6.72. The minimum atomic E-state index is -1.49. The Hall–Kier alpha value is -2.04. The van der Waals surface area contributed by atoms with Crippen molar-refractivity contribution in [3.8, 4) is 0 Å². The van der Waals surface area contributed by atoms with Crippen LogP contribution in [0.25, 0.3) is 0 Å². The Kier molecular flexibility index (Phi) is 5.11. The first kappa shape index (κ1) is 19.3. The van der Waals surface area contributed by atoms with E-state index < -0.39 is 29.7 Å². The van der Waals surface area contributed by atoms with Crippen LogP contribution in [0.15, 0.2) is 35.5 Å². The van der Waals surface area contributed by atoms with E-state index in [2.05, 4.69) is 5.16 Å². The molecule has 9 nitrogen and oxygen atoms in total. The second kappa shape index (κ2) is 7.41. The first-order chi connectivity index (χ1) is 13.6. The molecule has 0 unspecified atom stereocenters. The molecule has 3 aliphatic rings. The number of hydrogen-bond donors (Lipinski definition) is 0. The van der Waals surface area contributed by atoms with Crippen molar-refractivity contribution in [3.05, 3.63) is 35.9 Å². The molecule has 0 amide bonds. The molecule has 0 radical (unpaired) electrons. The molecule has 152 valence electrons. The van der Waals surface area contributed by atoms with Crippen LogP contribution >= 0.6 is 0 Å². The number of nitrogens with zero attached hydrogens (tertiary/aromatic N) is 2. The predicted octanol–water partition coefficient (Wildman–Crippen LogP) is 1.77. The maximum Gasteiger partial charge on any atom is 0.355 e. The lowest BCUT2D eigenvalue weighted by atomic mass is 9.70. The van der Waals surface area contributed by atoms with Crippen LogP contribution in [0.2, 0.25) is 0 Å². The molecule has 4 atom stereocenters. The summed E-state index contributed by atoms with van der Waals surface area (Å²) in [6, 6.07) is 9.47. The normalized spacial score (nSPS) is 34.3. The zero-order valence-electron chi connectivity index (χ0n) is 16.1. The molecule has 0 aromatic heterocycles. The Morgan fingerprint density at radius 1 is 1.14 bits per heavy atom. The summed E-state index contributed by atoms with van der Waals surface area (Å²) in [5.74, 6) is -0.569. The number of ether oxygens (including phenoxy) is 3. The van der Waals surface area contributed by atoms with Crippen molar-refractivity contribution < 1.29 is 33.5 Å². The highest BCUT2D eigenvalue weighted by Crippen LogP contribution is 2.54. The van der Waals surface area contributed by atoms with Gasteiger partial charge in [0.05, 0.1) is 13.5 Å². The zero-order chi connectivity index (χ0) is 19.8. The van der Waals surface area contributed by atoms with Crippen molar-refractivity contribution in [3.63, 3.8) is 0 Å². The van der Waals surface area contributed by atoms with Gasteiger partial charge in [-0.3, -0.25) is 0 Å². The number of carbonyl (C=O) groups excluding carboxylic acids is 1. The van der Waals surface area contributed by atoms with Gasteiger partial charge in [-0.25, -0.2) is 14.5 Å². The Bertz CT molecular complexity index is 758. The van der Waals surface area contributed by atoms with E-state index in [1.54, 1.807) is 0 Å². The van der Waals surface area contributed by atoms with Crippen LogP contribution in [0.5, 0.6) is 0 Å². The van der Waals surface area contributed by atoms with Crippen LogP contribution in [-0.2, 0) is 33.5 Å². The monoisotopic (exact) mass is 392 g/mol. The molecule has 0 bridgehead atoms. The SMILES string of the molecule is CCO[C@@H]1C[C@]2(C(=O)OC)ON=C(c3ccccc3)[C@@]23C[C@@H](OCC)ON3O1.